The monoisotopic (exact) mass is 324 g/mol. The topological polar surface area (TPSA) is 20.2 Å². The van der Waals surface area contributed by atoms with Crippen LogP contribution in [0, 0.1) is 42.2 Å². The molecule has 0 spiro atoms. The van der Waals surface area contributed by atoms with E-state index >= 15 is 0 Å². The van der Waals surface area contributed by atoms with Crippen LogP contribution in [0.4, 0.5) is 8.78 Å². The zero-order chi connectivity index (χ0) is 17.4. The molecule has 1 N–H and O–H groups in total. The van der Waals surface area contributed by atoms with Crippen LogP contribution in [0.5, 0.6) is 0 Å². The maximum atomic E-state index is 14.1. The van der Waals surface area contributed by atoms with Crippen LogP contribution in [0.3, 0.4) is 0 Å². The molecule has 122 valence electrons. The van der Waals surface area contributed by atoms with Gasteiger partial charge in [0.2, 0.25) is 0 Å². The van der Waals surface area contributed by atoms with Crippen LogP contribution in [-0.4, -0.2) is 11.7 Å². The molecule has 0 aliphatic rings. The summed E-state index contributed by atoms with van der Waals surface area (Å²) >= 11 is 0. The van der Waals surface area contributed by atoms with Crippen molar-refractivity contribution in [2.24, 2.45) is 0 Å². The first-order chi connectivity index (χ1) is 11.6. The first kappa shape index (κ1) is 17.7. The third-order valence-electron chi connectivity index (χ3n) is 3.33. The normalized spacial score (nSPS) is 9.67. The summed E-state index contributed by atoms with van der Waals surface area (Å²) in [5, 5.41) is 8.67. The minimum absolute atomic E-state index is 0.124. The number of hydrogen-bond donors (Lipinski definition) is 1. The number of rotatable bonds is 3. The molecule has 2 aromatic rings. The standard InChI is InChI=1S/C21H18F2O/c1-16-7-6-9-17(13-16)10-11-19-20(22)14-18(15-21(19)23)8-4-2-3-5-12-24/h6-7,9,13-15,24H,2-3,5,12H2,1H3. The van der Waals surface area contributed by atoms with Crippen molar-refractivity contribution in [1.82, 2.24) is 0 Å². The summed E-state index contributed by atoms with van der Waals surface area (Å²) in [7, 11) is 0. The van der Waals surface area contributed by atoms with E-state index in [0.29, 0.717) is 18.4 Å². The predicted molar refractivity (Wildman–Crippen MR) is 91.3 cm³/mol. The lowest BCUT2D eigenvalue weighted by Gasteiger charge is -1.99. The van der Waals surface area contributed by atoms with Crippen LogP contribution in [0.1, 0.15) is 41.5 Å². The molecular formula is C21H18F2O. The molecule has 0 heterocycles. The highest BCUT2D eigenvalue weighted by atomic mass is 19.1. The Hall–Kier alpha value is -2.62. The molecule has 0 saturated heterocycles. The number of aliphatic hydroxyl groups excluding tert-OH is 1. The van der Waals surface area contributed by atoms with Gasteiger partial charge in [0.05, 0.1) is 5.56 Å². The van der Waals surface area contributed by atoms with Crippen molar-refractivity contribution in [2.75, 3.05) is 6.61 Å². The Morgan fingerprint density at radius 1 is 0.917 bits per heavy atom. The van der Waals surface area contributed by atoms with Gasteiger partial charge in [0.1, 0.15) is 11.6 Å². The summed E-state index contributed by atoms with van der Waals surface area (Å²) in [6, 6.07) is 9.82. The summed E-state index contributed by atoms with van der Waals surface area (Å²) in [6.07, 6.45) is 2.01. The van der Waals surface area contributed by atoms with Crippen molar-refractivity contribution >= 4 is 0 Å². The van der Waals surface area contributed by atoms with Crippen LogP contribution in [0.15, 0.2) is 36.4 Å². The van der Waals surface area contributed by atoms with E-state index in [1.807, 2.05) is 25.1 Å². The fraction of sp³-hybridized carbons (Fsp3) is 0.238. The van der Waals surface area contributed by atoms with Crippen molar-refractivity contribution in [1.29, 1.82) is 0 Å². The van der Waals surface area contributed by atoms with Crippen LogP contribution in [-0.2, 0) is 0 Å². The number of unbranched alkanes of at least 4 members (excludes halogenated alkanes) is 2. The van der Waals surface area contributed by atoms with Gasteiger partial charge in [-0.15, -0.1) is 0 Å². The summed E-state index contributed by atoms with van der Waals surface area (Å²) in [4.78, 5) is 0. The van der Waals surface area contributed by atoms with Crippen LogP contribution >= 0.6 is 0 Å². The van der Waals surface area contributed by atoms with Gasteiger partial charge in [0.25, 0.3) is 0 Å². The van der Waals surface area contributed by atoms with Gasteiger partial charge in [-0.3, -0.25) is 0 Å². The van der Waals surface area contributed by atoms with Crippen LogP contribution < -0.4 is 0 Å². The predicted octanol–water partition coefficient (Wildman–Crippen LogP) is 4.19. The molecule has 3 heteroatoms. The van der Waals surface area contributed by atoms with E-state index in [1.165, 1.54) is 12.1 Å². The highest BCUT2D eigenvalue weighted by Gasteiger charge is 2.08. The van der Waals surface area contributed by atoms with Crippen LogP contribution in [0.25, 0.3) is 0 Å². The Labute approximate surface area is 141 Å². The molecule has 0 aliphatic carbocycles. The summed E-state index contributed by atoms with van der Waals surface area (Å²) < 4.78 is 28.2. The molecule has 2 rings (SSSR count). The molecule has 0 unspecified atom stereocenters. The van der Waals surface area contributed by atoms with E-state index in [2.05, 4.69) is 23.7 Å². The van der Waals surface area contributed by atoms with Gasteiger partial charge in [0, 0.05) is 24.2 Å². The van der Waals surface area contributed by atoms with Gasteiger partial charge in [-0.2, -0.15) is 0 Å². The third-order valence-corrected chi connectivity index (χ3v) is 3.33. The maximum Gasteiger partial charge on any atom is 0.143 e. The highest BCUT2D eigenvalue weighted by molar-refractivity contribution is 5.48. The lowest BCUT2D eigenvalue weighted by Crippen LogP contribution is -1.92. The number of halogens is 2. The van der Waals surface area contributed by atoms with Gasteiger partial charge >= 0.3 is 0 Å². The van der Waals surface area contributed by atoms with Crippen LogP contribution in [0.2, 0.25) is 0 Å². The van der Waals surface area contributed by atoms with E-state index in [0.717, 1.165) is 12.0 Å². The fourth-order valence-corrected chi connectivity index (χ4v) is 2.11. The largest absolute Gasteiger partial charge is 0.396 e. The van der Waals surface area contributed by atoms with Gasteiger partial charge in [-0.05, 0) is 49.6 Å². The highest BCUT2D eigenvalue weighted by Crippen LogP contribution is 2.14. The first-order valence-corrected chi connectivity index (χ1v) is 7.77. The fourth-order valence-electron chi connectivity index (χ4n) is 2.11. The Kier molecular flexibility index (Phi) is 6.55. The van der Waals surface area contributed by atoms with Gasteiger partial charge in [-0.1, -0.05) is 35.8 Å². The minimum atomic E-state index is -0.713. The Morgan fingerprint density at radius 2 is 1.67 bits per heavy atom. The Bertz CT molecular complexity index is 809. The maximum absolute atomic E-state index is 14.1. The van der Waals surface area contributed by atoms with Gasteiger partial charge < -0.3 is 5.11 Å². The van der Waals surface area contributed by atoms with E-state index < -0.39 is 11.6 Å². The molecule has 0 atom stereocenters. The number of aryl methyl sites for hydroxylation is 1. The van der Waals surface area contributed by atoms with Crippen molar-refractivity contribution in [3.8, 4) is 23.7 Å². The van der Waals surface area contributed by atoms with Crippen molar-refractivity contribution in [3.63, 3.8) is 0 Å². The molecule has 0 aromatic heterocycles. The molecule has 0 amide bonds. The lowest BCUT2D eigenvalue weighted by molar-refractivity contribution is 0.285. The molecule has 0 fully saturated rings. The second kappa shape index (κ2) is 8.87. The molecule has 0 aliphatic heterocycles. The molecule has 0 bridgehead atoms. The molecule has 0 radical (unpaired) electrons. The van der Waals surface area contributed by atoms with Crippen molar-refractivity contribution in [2.45, 2.75) is 26.2 Å². The number of hydrogen-bond acceptors (Lipinski definition) is 1. The second-order valence-corrected chi connectivity index (χ2v) is 5.42. The van der Waals surface area contributed by atoms with Gasteiger partial charge in [-0.25, -0.2) is 8.78 Å². The molecular weight excluding hydrogens is 306 g/mol. The smallest absolute Gasteiger partial charge is 0.143 e. The quantitative estimate of drug-likeness (QED) is 0.663. The van der Waals surface area contributed by atoms with Gasteiger partial charge in [0.15, 0.2) is 0 Å². The minimum Gasteiger partial charge on any atom is -0.396 e. The SMILES string of the molecule is Cc1cccc(C#Cc2c(F)cc(C#CCCCCO)cc2F)c1. The van der Waals surface area contributed by atoms with Crippen molar-refractivity contribution in [3.05, 3.63) is 70.3 Å². The summed E-state index contributed by atoms with van der Waals surface area (Å²) in [5.41, 5.74) is 1.79. The van der Waals surface area contributed by atoms with E-state index in [-0.39, 0.29) is 17.7 Å². The Balaban J connectivity index is 2.19. The zero-order valence-corrected chi connectivity index (χ0v) is 13.5. The molecule has 24 heavy (non-hydrogen) atoms. The summed E-state index contributed by atoms with van der Waals surface area (Å²) in [6.45, 7) is 2.06. The zero-order valence-electron chi connectivity index (χ0n) is 13.5. The van der Waals surface area contributed by atoms with E-state index in [9.17, 15) is 8.78 Å². The number of aliphatic hydroxyl groups is 1. The lowest BCUT2D eigenvalue weighted by atomic mass is 10.1. The van der Waals surface area contributed by atoms with E-state index in [1.54, 1.807) is 6.07 Å². The average Bonchev–Trinajstić information content (AvgIpc) is 2.54. The first-order valence-electron chi connectivity index (χ1n) is 7.77. The second-order valence-electron chi connectivity index (χ2n) is 5.42. The molecule has 1 nitrogen and oxygen atoms in total. The van der Waals surface area contributed by atoms with Crippen molar-refractivity contribution < 1.29 is 13.9 Å². The third kappa shape index (κ3) is 5.23. The molecule has 0 saturated carbocycles. The molecule has 2 aromatic carbocycles. The van der Waals surface area contributed by atoms with E-state index in [4.69, 9.17) is 5.11 Å². The number of benzene rings is 2. The Morgan fingerprint density at radius 3 is 2.33 bits per heavy atom. The summed E-state index contributed by atoms with van der Waals surface area (Å²) in [5.74, 6) is 9.49. The average molecular weight is 324 g/mol.